The van der Waals surface area contributed by atoms with Gasteiger partial charge < -0.3 is 5.73 Å². The van der Waals surface area contributed by atoms with Gasteiger partial charge in [-0.1, -0.05) is 6.92 Å². The molecule has 1 rings (SSSR count). The number of rotatable bonds is 6. The summed E-state index contributed by atoms with van der Waals surface area (Å²) in [6.45, 7) is 2.22. The van der Waals surface area contributed by atoms with Crippen molar-refractivity contribution in [2.24, 2.45) is 5.73 Å². The van der Waals surface area contributed by atoms with Crippen LogP contribution in [-0.2, 0) is 16.6 Å². The number of nitrogens with zero attached hydrogens (tertiary/aromatic N) is 1. The standard InChI is InChI=1S/C11H15FN2O3S/c1-8(2-3-13)18(17)7-9-4-10(12)6-11(5-9)14(15)16/h4-6,8H,2-3,7,13H2,1H3. The molecule has 2 atom stereocenters. The average molecular weight is 274 g/mol. The van der Waals surface area contributed by atoms with Gasteiger partial charge in [0.15, 0.2) is 0 Å². The van der Waals surface area contributed by atoms with Gasteiger partial charge in [0.2, 0.25) is 0 Å². The second-order valence-corrected chi connectivity index (χ2v) is 5.84. The van der Waals surface area contributed by atoms with Crippen molar-refractivity contribution >= 4 is 16.5 Å². The van der Waals surface area contributed by atoms with E-state index in [-0.39, 0.29) is 16.7 Å². The Hall–Kier alpha value is -1.34. The van der Waals surface area contributed by atoms with E-state index in [1.54, 1.807) is 6.92 Å². The summed E-state index contributed by atoms with van der Waals surface area (Å²) in [4.78, 5) is 9.91. The molecule has 0 aliphatic carbocycles. The molecule has 18 heavy (non-hydrogen) atoms. The molecule has 0 aromatic heterocycles. The molecule has 0 spiro atoms. The largest absolute Gasteiger partial charge is 0.330 e. The minimum Gasteiger partial charge on any atom is -0.330 e. The second kappa shape index (κ2) is 6.55. The topological polar surface area (TPSA) is 86.2 Å². The molecule has 0 radical (unpaired) electrons. The lowest BCUT2D eigenvalue weighted by molar-refractivity contribution is -0.385. The molecular weight excluding hydrogens is 259 g/mol. The summed E-state index contributed by atoms with van der Waals surface area (Å²) in [5.41, 5.74) is 5.40. The van der Waals surface area contributed by atoms with Crippen LogP contribution in [0.3, 0.4) is 0 Å². The first-order valence-electron chi connectivity index (χ1n) is 5.45. The SMILES string of the molecule is CC(CCN)S(=O)Cc1cc(F)cc([N+](=O)[O-])c1. The van der Waals surface area contributed by atoms with Crippen LogP contribution in [0, 0.1) is 15.9 Å². The van der Waals surface area contributed by atoms with E-state index in [4.69, 9.17) is 5.73 Å². The summed E-state index contributed by atoms with van der Waals surface area (Å²) in [7, 11) is -1.21. The summed E-state index contributed by atoms with van der Waals surface area (Å²) in [5, 5.41) is 10.5. The first kappa shape index (κ1) is 14.7. The Kier molecular flexibility index (Phi) is 5.36. The minimum atomic E-state index is -1.21. The lowest BCUT2D eigenvalue weighted by Gasteiger charge is -2.10. The van der Waals surface area contributed by atoms with Crippen LogP contribution in [0.2, 0.25) is 0 Å². The maximum Gasteiger partial charge on any atom is 0.272 e. The van der Waals surface area contributed by atoms with Crippen LogP contribution in [0.15, 0.2) is 18.2 Å². The van der Waals surface area contributed by atoms with E-state index in [2.05, 4.69) is 0 Å². The molecule has 5 nitrogen and oxygen atoms in total. The highest BCUT2D eigenvalue weighted by Crippen LogP contribution is 2.18. The van der Waals surface area contributed by atoms with E-state index in [0.717, 1.165) is 6.07 Å². The highest BCUT2D eigenvalue weighted by Gasteiger charge is 2.14. The Bertz CT molecular complexity index is 468. The van der Waals surface area contributed by atoms with Gasteiger partial charge >= 0.3 is 0 Å². The van der Waals surface area contributed by atoms with Crippen molar-refractivity contribution in [2.45, 2.75) is 24.3 Å². The molecule has 1 aromatic carbocycles. The zero-order valence-electron chi connectivity index (χ0n) is 9.97. The monoisotopic (exact) mass is 274 g/mol. The van der Waals surface area contributed by atoms with Gasteiger partial charge in [-0.25, -0.2) is 4.39 Å². The van der Waals surface area contributed by atoms with E-state index < -0.39 is 21.5 Å². The second-order valence-electron chi connectivity index (χ2n) is 3.99. The molecule has 0 heterocycles. The van der Waals surface area contributed by atoms with Crippen LogP contribution in [0.4, 0.5) is 10.1 Å². The summed E-state index contributed by atoms with van der Waals surface area (Å²) in [6.07, 6.45) is 0.601. The first-order chi connectivity index (χ1) is 8.43. The van der Waals surface area contributed by atoms with Gasteiger partial charge in [-0.05, 0) is 24.6 Å². The van der Waals surface area contributed by atoms with Gasteiger partial charge in [-0.2, -0.15) is 0 Å². The Balaban J connectivity index is 2.84. The number of benzene rings is 1. The van der Waals surface area contributed by atoms with Gasteiger partial charge in [0.05, 0.1) is 11.0 Å². The van der Waals surface area contributed by atoms with Crippen LogP contribution in [-0.4, -0.2) is 20.9 Å². The predicted octanol–water partition coefficient (Wildman–Crippen LogP) is 1.72. The highest BCUT2D eigenvalue weighted by molar-refractivity contribution is 7.84. The predicted molar refractivity (Wildman–Crippen MR) is 68.0 cm³/mol. The van der Waals surface area contributed by atoms with Crippen molar-refractivity contribution in [1.29, 1.82) is 0 Å². The van der Waals surface area contributed by atoms with Gasteiger partial charge in [0, 0.05) is 27.9 Å². The minimum absolute atomic E-state index is 0.0970. The van der Waals surface area contributed by atoms with Crippen molar-refractivity contribution in [2.75, 3.05) is 6.54 Å². The Labute approximate surface area is 107 Å². The van der Waals surface area contributed by atoms with Crippen LogP contribution in [0.25, 0.3) is 0 Å². The summed E-state index contributed by atoms with van der Waals surface area (Å²) in [6, 6.07) is 3.26. The van der Waals surface area contributed by atoms with Gasteiger partial charge in [-0.15, -0.1) is 0 Å². The van der Waals surface area contributed by atoms with Gasteiger partial charge in [-0.3, -0.25) is 14.3 Å². The van der Waals surface area contributed by atoms with Crippen molar-refractivity contribution in [3.8, 4) is 0 Å². The molecule has 0 amide bonds. The quantitative estimate of drug-likeness (QED) is 0.632. The molecule has 0 aliphatic heterocycles. The zero-order valence-corrected chi connectivity index (χ0v) is 10.8. The van der Waals surface area contributed by atoms with Crippen molar-refractivity contribution in [3.05, 3.63) is 39.7 Å². The molecule has 100 valence electrons. The summed E-state index contributed by atoms with van der Waals surface area (Å²) < 4.78 is 25.0. The van der Waals surface area contributed by atoms with E-state index in [1.807, 2.05) is 0 Å². The van der Waals surface area contributed by atoms with Crippen molar-refractivity contribution < 1.29 is 13.5 Å². The van der Waals surface area contributed by atoms with Crippen molar-refractivity contribution in [3.63, 3.8) is 0 Å². The van der Waals surface area contributed by atoms with Crippen LogP contribution < -0.4 is 5.73 Å². The third kappa shape index (κ3) is 4.15. The Morgan fingerprint density at radius 2 is 2.17 bits per heavy atom. The lowest BCUT2D eigenvalue weighted by Crippen LogP contribution is -2.17. The van der Waals surface area contributed by atoms with E-state index in [9.17, 15) is 18.7 Å². The molecule has 1 aromatic rings. The summed E-state index contributed by atoms with van der Waals surface area (Å²) in [5.74, 6) is -0.595. The van der Waals surface area contributed by atoms with E-state index in [0.29, 0.717) is 18.5 Å². The third-order valence-corrected chi connectivity index (χ3v) is 4.24. The first-order valence-corrected chi connectivity index (χ1v) is 6.83. The van der Waals surface area contributed by atoms with Crippen LogP contribution >= 0.6 is 0 Å². The fourth-order valence-corrected chi connectivity index (χ4v) is 2.67. The molecule has 0 bridgehead atoms. The van der Waals surface area contributed by atoms with E-state index >= 15 is 0 Å². The maximum absolute atomic E-state index is 13.2. The fourth-order valence-electron chi connectivity index (χ4n) is 1.49. The Morgan fingerprint density at radius 1 is 1.50 bits per heavy atom. The molecule has 2 N–H and O–H groups in total. The molecular formula is C11H15FN2O3S. The number of hydrogen-bond acceptors (Lipinski definition) is 4. The molecule has 0 aliphatic rings. The molecule has 0 saturated carbocycles. The number of halogens is 1. The van der Waals surface area contributed by atoms with Crippen molar-refractivity contribution in [1.82, 2.24) is 0 Å². The Morgan fingerprint density at radius 3 is 2.72 bits per heavy atom. The molecule has 7 heteroatoms. The normalized spacial score (nSPS) is 14.2. The number of nitro groups is 1. The maximum atomic E-state index is 13.2. The lowest BCUT2D eigenvalue weighted by atomic mass is 10.2. The fraction of sp³-hybridized carbons (Fsp3) is 0.455. The highest BCUT2D eigenvalue weighted by atomic mass is 32.2. The smallest absolute Gasteiger partial charge is 0.272 e. The molecule has 2 unspecified atom stereocenters. The van der Waals surface area contributed by atoms with Crippen LogP contribution in [0.1, 0.15) is 18.9 Å². The third-order valence-electron chi connectivity index (χ3n) is 2.48. The molecule has 0 fully saturated rings. The summed E-state index contributed by atoms with van der Waals surface area (Å²) >= 11 is 0. The number of non-ortho nitro benzene ring substituents is 1. The number of nitrogens with two attached hydrogens (primary N) is 1. The zero-order chi connectivity index (χ0) is 13.7. The number of nitro benzene ring substituents is 1. The number of hydrogen-bond donors (Lipinski definition) is 1. The van der Waals surface area contributed by atoms with Gasteiger partial charge in [0.25, 0.3) is 5.69 Å². The van der Waals surface area contributed by atoms with E-state index in [1.165, 1.54) is 12.1 Å². The molecule has 0 saturated heterocycles. The van der Waals surface area contributed by atoms with Crippen LogP contribution in [0.5, 0.6) is 0 Å². The van der Waals surface area contributed by atoms with Gasteiger partial charge in [0.1, 0.15) is 5.82 Å². The average Bonchev–Trinajstić information content (AvgIpc) is 2.28.